The van der Waals surface area contributed by atoms with Crippen molar-refractivity contribution in [2.24, 2.45) is 0 Å². The monoisotopic (exact) mass is 434 g/mol. The number of rotatable bonds is 7. The lowest BCUT2D eigenvalue weighted by Crippen LogP contribution is -2.36. The zero-order chi connectivity index (χ0) is 20.4. The average Bonchev–Trinajstić information content (AvgIpc) is 3.25. The molecule has 1 aromatic carbocycles. The molecular weight excluding hydrogens is 412 g/mol. The predicted octanol–water partition coefficient (Wildman–Crippen LogP) is 4.54. The molecule has 4 rings (SSSR count). The number of aromatic nitrogens is 1. The molecule has 2 aromatic heterocycles. The third-order valence-electron chi connectivity index (χ3n) is 5.24. The Morgan fingerprint density at radius 3 is 2.62 bits per heavy atom. The molecule has 1 fully saturated rings. The van der Waals surface area contributed by atoms with Crippen LogP contribution < -0.4 is 0 Å². The Labute approximate surface area is 177 Å². The fourth-order valence-electron chi connectivity index (χ4n) is 3.75. The molecule has 1 aliphatic rings. The Morgan fingerprint density at radius 1 is 1.14 bits per heavy atom. The minimum absolute atomic E-state index is 0.123. The van der Waals surface area contributed by atoms with Crippen LogP contribution >= 0.6 is 22.9 Å². The van der Waals surface area contributed by atoms with Crippen LogP contribution in [0.15, 0.2) is 30.3 Å². The molecule has 1 saturated heterocycles. The Kier molecular flexibility index (Phi) is 6.10. The van der Waals surface area contributed by atoms with Crippen molar-refractivity contribution >= 4 is 39.1 Å². The van der Waals surface area contributed by atoms with Gasteiger partial charge in [-0.2, -0.15) is 0 Å². The zero-order valence-electron chi connectivity index (χ0n) is 15.9. The summed E-state index contributed by atoms with van der Waals surface area (Å²) >= 11 is 7.66. The first-order chi connectivity index (χ1) is 14.0. The van der Waals surface area contributed by atoms with E-state index in [4.69, 9.17) is 16.3 Å². The summed E-state index contributed by atoms with van der Waals surface area (Å²) in [5, 5.41) is 19.5. The number of morpholine rings is 1. The van der Waals surface area contributed by atoms with Gasteiger partial charge in [-0.3, -0.25) is 4.90 Å². The second kappa shape index (κ2) is 8.75. The van der Waals surface area contributed by atoms with Gasteiger partial charge in [0.05, 0.1) is 34.1 Å². The molecule has 8 heteroatoms. The van der Waals surface area contributed by atoms with Crippen molar-refractivity contribution in [3.63, 3.8) is 0 Å². The SMILES string of the molecule is O=C(O)c1cc2c(cc(-c3ccc(O)cc3Cl)n2CCCCN2CCOCC2)s1. The normalized spacial score (nSPS) is 15.2. The molecule has 0 atom stereocenters. The van der Waals surface area contributed by atoms with Crippen molar-refractivity contribution < 1.29 is 19.7 Å². The fourth-order valence-corrected chi connectivity index (χ4v) is 4.96. The first kappa shape index (κ1) is 20.2. The Morgan fingerprint density at radius 2 is 1.90 bits per heavy atom. The van der Waals surface area contributed by atoms with Crippen LogP contribution in [0.25, 0.3) is 21.5 Å². The van der Waals surface area contributed by atoms with E-state index in [9.17, 15) is 15.0 Å². The number of hydrogen-bond donors (Lipinski definition) is 2. The number of phenols is 1. The van der Waals surface area contributed by atoms with Crippen LogP contribution in [0.2, 0.25) is 5.02 Å². The summed E-state index contributed by atoms with van der Waals surface area (Å²) in [5.41, 5.74) is 2.69. The number of unbranched alkanes of at least 4 members (excludes halogenated alkanes) is 1. The molecule has 0 unspecified atom stereocenters. The maximum atomic E-state index is 11.4. The average molecular weight is 435 g/mol. The molecule has 2 N–H and O–H groups in total. The van der Waals surface area contributed by atoms with Crippen LogP contribution in [0, 0.1) is 0 Å². The Hall–Kier alpha value is -2.06. The third-order valence-corrected chi connectivity index (χ3v) is 6.61. The molecule has 3 aromatic rings. The number of carboxylic acid groups (broad SMARTS) is 1. The highest BCUT2D eigenvalue weighted by atomic mass is 35.5. The van der Waals surface area contributed by atoms with Crippen molar-refractivity contribution in [2.75, 3.05) is 32.8 Å². The van der Waals surface area contributed by atoms with E-state index < -0.39 is 5.97 Å². The number of nitrogens with zero attached hydrogens (tertiary/aromatic N) is 2. The predicted molar refractivity (Wildman–Crippen MR) is 115 cm³/mol. The van der Waals surface area contributed by atoms with Gasteiger partial charge in [0.1, 0.15) is 10.6 Å². The second-order valence-electron chi connectivity index (χ2n) is 7.17. The van der Waals surface area contributed by atoms with Crippen molar-refractivity contribution in [2.45, 2.75) is 19.4 Å². The highest BCUT2D eigenvalue weighted by molar-refractivity contribution is 7.20. The molecule has 1 aliphatic heterocycles. The van der Waals surface area contributed by atoms with Gasteiger partial charge < -0.3 is 19.5 Å². The number of ether oxygens (including phenoxy) is 1. The van der Waals surface area contributed by atoms with Gasteiger partial charge in [-0.1, -0.05) is 11.6 Å². The standard InChI is InChI=1S/C21H23ClN2O4S/c22-16-11-14(25)3-4-15(16)17-12-19-18(13-20(29-19)21(26)27)24(17)6-2-1-5-23-7-9-28-10-8-23/h3-4,11-13,25H,1-2,5-10H2,(H,26,27). The third kappa shape index (κ3) is 4.43. The number of carboxylic acids is 1. The van der Waals surface area contributed by atoms with Crippen molar-refractivity contribution in [3.8, 4) is 17.0 Å². The summed E-state index contributed by atoms with van der Waals surface area (Å²) < 4.78 is 8.47. The Balaban J connectivity index is 1.59. The first-order valence-electron chi connectivity index (χ1n) is 9.68. The molecule has 0 aliphatic carbocycles. The van der Waals surface area contributed by atoms with E-state index in [1.807, 2.05) is 6.07 Å². The minimum atomic E-state index is -0.908. The van der Waals surface area contributed by atoms with Crippen LogP contribution in [0.5, 0.6) is 5.75 Å². The van der Waals surface area contributed by atoms with E-state index in [0.29, 0.717) is 9.90 Å². The number of hydrogen-bond acceptors (Lipinski definition) is 5. The molecule has 0 bridgehead atoms. The maximum absolute atomic E-state index is 11.4. The number of thiophene rings is 1. The number of halogens is 1. The molecule has 3 heterocycles. The summed E-state index contributed by atoms with van der Waals surface area (Å²) in [4.78, 5) is 14.1. The summed E-state index contributed by atoms with van der Waals surface area (Å²) in [6.07, 6.45) is 2.03. The van der Waals surface area contributed by atoms with E-state index in [2.05, 4.69) is 9.47 Å². The summed E-state index contributed by atoms with van der Waals surface area (Å²) in [6.45, 7) is 5.37. The van der Waals surface area contributed by atoms with Gasteiger partial charge in [0.25, 0.3) is 0 Å². The summed E-state index contributed by atoms with van der Waals surface area (Å²) in [7, 11) is 0. The molecular formula is C21H23ClN2O4S. The van der Waals surface area contributed by atoms with Gasteiger partial charge in [-0.25, -0.2) is 4.79 Å². The molecule has 0 radical (unpaired) electrons. The van der Waals surface area contributed by atoms with Gasteiger partial charge >= 0.3 is 5.97 Å². The minimum Gasteiger partial charge on any atom is -0.508 e. The van der Waals surface area contributed by atoms with E-state index in [0.717, 1.165) is 73.7 Å². The van der Waals surface area contributed by atoms with Crippen LogP contribution in [0.3, 0.4) is 0 Å². The van der Waals surface area contributed by atoms with Gasteiger partial charge in [-0.05, 0) is 49.7 Å². The number of fused-ring (bicyclic) bond motifs is 1. The van der Waals surface area contributed by atoms with Crippen molar-refractivity contribution in [1.29, 1.82) is 0 Å². The zero-order valence-corrected chi connectivity index (χ0v) is 17.5. The van der Waals surface area contributed by atoms with Crippen molar-refractivity contribution in [3.05, 3.63) is 40.2 Å². The molecule has 0 amide bonds. The lowest BCUT2D eigenvalue weighted by atomic mass is 10.1. The summed E-state index contributed by atoms with van der Waals surface area (Å²) in [6, 6.07) is 8.69. The quantitative estimate of drug-likeness (QED) is 0.534. The van der Waals surface area contributed by atoms with Crippen LogP contribution in [0.4, 0.5) is 0 Å². The van der Waals surface area contributed by atoms with Crippen LogP contribution in [-0.2, 0) is 11.3 Å². The lowest BCUT2D eigenvalue weighted by Gasteiger charge is -2.26. The van der Waals surface area contributed by atoms with Gasteiger partial charge in [0.15, 0.2) is 0 Å². The first-order valence-corrected chi connectivity index (χ1v) is 10.9. The van der Waals surface area contributed by atoms with Crippen LogP contribution in [-0.4, -0.2) is 58.5 Å². The van der Waals surface area contributed by atoms with Gasteiger partial charge in [0.2, 0.25) is 0 Å². The van der Waals surface area contributed by atoms with E-state index in [1.54, 1.807) is 18.2 Å². The summed E-state index contributed by atoms with van der Waals surface area (Å²) in [5.74, 6) is -0.786. The molecule has 29 heavy (non-hydrogen) atoms. The largest absolute Gasteiger partial charge is 0.508 e. The molecule has 0 spiro atoms. The number of aryl methyl sites for hydroxylation is 1. The highest BCUT2D eigenvalue weighted by Gasteiger charge is 2.18. The number of aromatic hydroxyl groups is 1. The molecule has 6 nitrogen and oxygen atoms in total. The molecule has 154 valence electrons. The number of aromatic carboxylic acids is 1. The van der Waals surface area contributed by atoms with E-state index >= 15 is 0 Å². The fraction of sp³-hybridized carbons (Fsp3) is 0.381. The highest BCUT2D eigenvalue weighted by Crippen LogP contribution is 2.38. The molecule has 0 saturated carbocycles. The number of benzene rings is 1. The van der Waals surface area contributed by atoms with E-state index in [1.165, 1.54) is 17.4 Å². The number of phenolic OH excluding ortho intramolecular Hbond substituents is 1. The van der Waals surface area contributed by atoms with Crippen LogP contribution in [0.1, 0.15) is 22.5 Å². The van der Waals surface area contributed by atoms with Gasteiger partial charge in [0, 0.05) is 25.2 Å². The number of carbonyl (C=O) groups is 1. The maximum Gasteiger partial charge on any atom is 0.345 e. The van der Waals surface area contributed by atoms with Crippen molar-refractivity contribution in [1.82, 2.24) is 9.47 Å². The second-order valence-corrected chi connectivity index (χ2v) is 8.66. The lowest BCUT2D eigenvalue weighted by molar-refractivity contribution is 0.0371. The van der Waals surface area contributed by atoms with E-state index in [-0.39, 0.29) is 5.75 Å². The Bertz CT molecular complexity index is 1020. The topological polar surface area (TPSA) is 74.9 Å². The smallest absolute Gasteiger partial charge is 0.345 e. The van der Waals surface area contributed by atoms with Gasteiger partial charge in [-0.15, -0.1) is 11.3 Å².